The van der Waals surface area contributed by atoms with Crippen LogP contribution >= 0.6 is 11.6 Å². The first-order chi connectivity index (χ1) is 13.8. The van der Waals surface area contributed by atoms with Gasteiger partial charge >= 0.3 is 6.09 Å². The van der Waals surface area contributed by atoms with E-state index in [1.54, 1.807) is 22.1 Å². The van der Waals surface area contributed by atoms with Crippen LogP contribution < -0.4 is 4.90 Å². The fraction of sp³-hybridized carbons (Fsp3) is 0.400. The zero-order valence-electron chi connectivity index (χ0n) is 16.7. The number of anilines is 1. The minimum atomic E-state index is -0.498. The minimum absolute atomic E-state index is 0.279. The number of nitrogens with zero attached hydrogens (tertiary/aromatic N) is 6. The summed E-state index contributed by atoms with van der Waals surface area (Å²) < 4.78 is 7.22. The molecule has 1 saturated heterocycles. The number of halogens is 1. The molecule has 8 nitrogen and oxygen atoms in total. The molecule has 3 heterocycles. The summed E-state index contributed by atoms with van der Waals surface area (Å²) in [7, 11) is 0. The second-order valence-electron chi connectivity index (χ2n) is 7.93. The fourth-order valence-electron chi connectivity index (χ4n) is 3.31. The number of carbonyl (C=O) groups excluding carboxylic acids is 1. The minimum Gasteiger partial charge on any atom is -0.444 e. The van der Waals surface area contributed by atoms with Crippen LogP contribution in [0.25, 0.3) is 16.7 Å². The van der Waals surface area contributed by atoms with E-state index in [-0.39, 0.29) is 6.09 Å². The molecule has 0 radical (unpaired) electrons. The van der Waals surface area contributed by atoms with E-state index in [0.717, 1.165) is 16.9 Å². The Kier molecular flexibility index (Phi) is 5.04. The van der Waals surface area contributed by atoms with Gasteiger partial charge in [0.25, 0.3) is 0 Å². The molecule has 9 heteroatoms. The summed E-state index contributed by atoms with van der Waals surface area (Å²) in [5.74, 6) is 0.812. The Morgan fingerprint density at radius 3 is 2.59 bits per heavy atom. The van der Waals surface area contributed by atoms with E-state index >= 15 is 0 Å². The van der Waals surface area contributed by atoms with Gasteiger partial charge in [0.15, 0.2) is 5.65 Å². The Hall–Kier alpha value is -2.87. The Labute approximate surface area is 174 Å². The highest BCUT2D eigenvalue weighted by molar-refractivity contribution is 6.30. The number of rotatable bonds is 2. The maximum absolute atomic E-state index is 12.3. The van der Waals surface area contributed by atoms with Gasteiger partial charge in [-0.25, -0.2) is 19.4 Å². The quantitative estimate of drug-likeness (QED) is 0.638. The first-order valence-corrected chi connectivity index (χ1v) is 9.87. The molecule has 4 rings (SSSR count). The van der Waals surface area contributed by atoms with Crippen LogP contribution in [0.4, 0.5) is 10.6 Å². The van der Waals surface area contributed by atoms with E-state index in [1.807, 2.05) is 45.0 Å². The zero-order chi connectivity index (χ0) is 20.6. The molecular weight excluding hydrogens is 392 g/mol. The fourth-order valence-corrected chi connectivity index (χ4v) is 3.49. The van der Waals surface area contributed by atoms with Gasteiger partial charge in [0, 0.05) is 31.2 Å². The molecule has 29 heavy (non-hydrogen) atoms. The van der Waals surface area contributed by atoms with Crippen LogP contribution in [0.5, 0.6) is 0 Å². The first kappa shape index (κ1) is 19.4. The van der Waals surface area contributed by atoms with Crippen molar-refractivity contribution in [3.8, 4) is 5.69 Å². The van der Waals surface area contributed by atoms with E-state index in [0.29, 0.717) is 36.8 Å². The number of amides is 1. The lowest BCUT2D eigenvalue weighted by molar-refractivity contribution is 0.0240. The van der Waals surface area contributed by atoms with E-state index < -0.39 is 5.60 Å². The third-order valence-electron chi connectivity index (χ3n) is 4.63. The average molecular weight is 415 g/mol. The van der Waals surface area contributed by atoms with Gasteiger partial charge in [0.05, 0.1) is 17.3 Å². The van der Waals surface area contributed by atoms with Crippen molar-refractivity contribution in [1.82, 2.24) is 24.6 Å². The predicted molar refractivity (Wildman–Crippen MR) is 112 cm³/mol. The van der Waals surface area contributed by atoms with Gasteiger partial charge in [0.2, 0.25) is 0 Å². The van der Waals surface area contributed by atoms with Crippen molar-refractivity contribution in [2.24, 2.45) is 0 Å². The molecule has 1 aliphatic rings. The second kappa shape index (κ2) is 7.51. The average Bonchev–Trinajstić information content (AvgIpc) is 3.11. The number of benzene rings is 1. The molecule has 0 bridgehead atoms. The normalized spacial score (nSPS) is 15.0. The highest BCUT2D eigenvalue weighted by Crippen LogP contribution is 2.26. The Balaban J connectivity index is 1.55. The van der Waals surface area contributed by atoms with Crippen LogP contribution in [0.3, 0.4) is 0 Å². The topological polar surface area (TPSA) is 76.4 Å². The maximum Gasteiger partial charge on any atom is 0.410 e. The summed E-state index contributed by atoms with van der Waals surface area (Å²) >= 11 is 6.12. The maximum atomic E-state index is 12.3. The highest BCUT2D eigenvalue weighted by Gasteiger charge is 2.27. The van der Waals surface area contributed by atoms with Crippen LogP contribution in [0.2, 0.25) is 5.02 Å². The smallest absolute Gasteiger partial charge is 0.410 e. The number of carbonyl (C=O) groups is 1. The first-order valence-electron chi connectivity index (χ1n) is 9.49. The number of piperazine rings is 1. The van der Waals surface area contributed by atoms with E-state index in [9.17, 15) is 4.79 Å². The highest BCUT2D eigenvalue weighted by atomic mass is 35.5. The van der Waals surface area contributed by atoms with Crippen molar-refractivity contribution in [3.63, 3.8) is 0 Å². The van der Waals surface area contributed by atoms with Crippen molar-refractivity contribution in [2.45, 2.75) is 26.4 Å². The predicted octanol–water partition coefficient (Wildman–Crippen LogP) is 3.53. The summed E-state index contributed by atoms with van der Waals surface area (Å²) in [6.07, 6.45) is 3.03. The monoisotopic (exact) mass is 414 g/mol. The number of aromatic nitrogens is 4. The molecule has 0 N–H and O–H groups in total. The van der Waals surface area contributed by atoms with Crippen LogP contribution in [0, 0.1) is 0 Å². The Morgan fingerprint density at radius 2 is 1.90 bits per heavy atom. The Morgan fingerprint density at radius 1 is 1.14 bits per heavy atom. The molecule has 0 spiro atoms. The van der Waals surface area contributed by atoms with Gasteiger partial charge in [-0.2, -0.15) is 5.10 Å². The molecule has 0 atom stereocenters. The van der Waals surface area contributed by atoms with Gasteiger partial charge < -0.3 is 14.5 Å². The van der Waals surface area contributed by atoms with Crippen LogP contribution in [0.1, 0.15) is 20.8 Å². The van der Waals surface area contributed by atoms with Crippen molar-refractivity contribution in [3.05, 3.63) is 41.8 Å². The second-order valence-corrected chi connectivity index (χ2v) is 8.36. The van der Waals surface area contributed by atoms with Crippen molar-refractivity contribution in [1.29, 1.82) is 0 Å². The molecular formula is C20H23ClN6O2. The lowest BCUT2D eigenvalue weighted by Gasteiger charge is -2.36. The molecule has 1 aromatic carbocycles. The molecule has 1 aliphatic heterocycles. The van der Waals surface area contributed by atoms with Gasteiger partial charge in [-0.3, -0.25) is 0 Å². The third-order valence-corrected chi connectivity index (χ3v) is 4.86. The van der Waals surface area contributed by atoms with Crippen LogP contribution in [-0.2, 0) is 4.74 Å². The van der Waals surface area contributed by atoms with E-state index in [1.165, 1.54) is 0 Å². The summed E-state index contributed by atoms with van der Waals surface area (Å²) in [6, 6.07) is 7.47. The molecule has 1 fully saturated rings. The number of hydrogen-bond acceptors (Lipinski definition) is 6. The lowest BCUT2D eigenvalue weighted by atomic mass is 10.2. The molecule has 1 amide bonds. The SMILES string of the molecule is CC(C)(C)OC(=O)N1CCN(c2ncnc3c2cnn3-c2cccc(Cl)c2)CC1. The number of fused-ring (bicyclic) bond motifs is 1. The summed E-state index contributed by atoms with van der Waals surface area (Å²) in [6.45, 7) is 8.08. The summed E-state index contributed by atoms with van der Waals surface area (Å²) in [5.41, 5.74) is 1.06. The zero-order valence-corrected chi connectivity index (χ0v) is 17.4. The molecule has 0 unspecified atom stereocenters. The third kappa shape index (κ3) is 4.12. The van der Waals surface area contributed by atoms with Gasteiger partial charge in [0.1, 0.15) is 17.7 Å². The molecule has 3 aromatic rings. The molecule has 0 aliphatic carbocycles. The van der Waals surface area contributed by atoms with Gasteiger partial charge in [-0.1, -0.05) is 17.7 Å². The van der Waals surface area contributed by atoms with Crippen molar-refractivity contribution < 1.29 is 9.53 Å². The van der Waals surface area contributed by atoms with Crippen LogP contribution in [-0.4, -0.2) is 62.5 Å². The molecule has 0 saturated carbocycles. The number of ether oxygens (including phenoxy) is 1. The number of hydrogen-bond donors (Lipinski definition) is 0. The molecule has 2 aromatic heterocycles. The van der Waals surface area contributed by atoms with Gasteiger partial charge in [-0.05, 0) is 39.0 Å². The molecule has 152 valence electrons. The van der Waals surface area contributed by atoms with E-state index in [4.69, 9.17) is 16.3 Å². The standard InChI is InChI=1S/C20H23ClN6O2/c1-20(2,3)29-19(28)26-9-7-25(8-10-26)17-16-12-24-27(18(16)23-13-22-17)15-6-4-5-14(21)11-15/h4-6,11-13H,7-10H2,1-3H3. The van der Waals surface area contributed by atoms with E-state index in [2.05, 4.69) is 20.0 Å². The van der Waals surface area contributed by atoms with Gasteiger partial charge in [-0.15, -0.1) is 0 Å². The Bertz CT molecular complexity index is 1040. The van der Waals surface area contributed by atoms with Crippen molar-refractivity contribution >= 4 is 34.5 Å². The summed E-state index contributed by atoms with van der Waals surface area (Å²) in [4.78, 5) is 25.1. The summed E-state index contributed by atoms with van der Waals surface area (Å²) in [5, 5.41) is 5.99. The largest absolute Gasteiger partial charge is 0.444 e. The van der Waals surface area contributed by atoms with Crippen LogP contribution in [0.15, 0.2) is 36.8 Å². The lowest BCUT2D eigenvalue weighted by Crippen LogP contribution is -2.50. The van der Waals surface area contributed by atoms with Crippen molar-refractivity contribution in [2.75, 3.05) is 31.1 Å².